The van der Waals surface area contributed by atoms with Crippen LogP contribution in [0.2, 0.25) is 0 Å². The van der Waals surface area contributed by atoms with E-state index in [1.807, 2.05) is 0 Å². The Bertz CT molecular complexity index is 333. The van der Waals surface area contributed by atoms with E-state index in [1.165, 1.54) is 7.11 Å². The van der Waals surface area contributed by atoms with E-state index in [0.717, 1.165) is 6.20 Å². The first-order chi connectivity index (χ1) is 6.61. The summed E-state index contributed by atoms with van der Waals surface area (Å²) < 4.78 is 42.4. The molecule has 0 saturated carbocycles. The van der Waals surface area contributed by atoms with Gasteiger partial charge < -0.3 is 4.74 Å². The Morgan fingerprint density at radius 1 is 1.57 bits per heavy atom. The molecule has 0 bridgehead atoms. The van der Waals surface area contributed by atoms with Gasteiger partial charge in [0.15, 0.2) is 0 Å². The molecule has 0 radical (unpaired) electrons. The van der Waals surface area contributed by atoms with Crippen molar-refractivity contribution >= 4 is 11.6 Å². The van der Waals surface area contributed by atoms with Crippen LogP contribution >= 0.6 is 11.6 Å². The van der Waals surface area contributed by atoms with Gasteiger partial charge >= 0.3 is 0 Å². The van der Waals surface area contributed by atoms with Gasteiger partial charge in [0.25, 0.3) is 6.43 Å². The van der Waals surface area contributed by atoms with Gasteiger partial charge in [-0.1, -0.05) is 0 Å². The van der Waals surface area contributed by atoms with Crippen LogP contribution in [0.5, 0.6) is 5.75 Å². The predicted molar refractivity (Wildman–Crippen MR) is 45.3 cm³/mol. The third-order valence-corrected chi connectivity index (χ3v) is 1.94. The molecular weight excluding hydrogens is 219 g/mol. The minimum absolute atomic E-state index is 0.146. The smallest absolute Gasteiger partial charge is 0.268 e. The molecule has 0 fully saturated rings. The summed E-state index contributed by atoms with van der Waals surface area (Å²) in [5.41, 5.74) is -0.600. The van der Waals surface area contributed by atoms with Crippen LogP contribution in [0.15, 0.2) is 6.20 Å². The first kappa shape index (κ1) is 11.1. The lowest BCUT2D eigenvalue weighted by Crippen LogP contribution is -2.02. The first-order valence-electron chi connectivity index (χ1n) is 3.67. The van der Waals surface area contributed by atoms with E-state index in [0.29, 0.717) is 0 Å². The minimum atomic E-state index is -2.76. The van der Waals surface area contributed by atoms with E-state index >= 15 is 0 Å². The molecule has 1 aromatic rings. The number of halogens is 4. The topological polar surface area (TPSA) is 22.1 Å². The monoisotopic (exact) mass is 225 g/mol. The number of ether oxygens (including phenoxy) is 1. The molecular formula is C8H7ClF3NO. The van der Waals surface area contributed by atoms with Gasteiger partial charge in [0, 0.05) is 6.20 Å². The maximum atomic E-state index is 13.0. The lowest BCUT2D eigenvalue weighted by molar-refractivity contribution is 0.146. The summed E-state index contributed by atoms with van der Waals surface area (Å²) in [4.78, 5) is 3.17. The molecule has 1 rings (SSSR count). The fraction of sp³-hybridized carbons (Fsp3) is 0.375. The van der Waals surface area contributed by atoms with Crippen molar-refractivity contribution in [1.29, 1.82) is 0 Å². The minimum Gasteiger partial charge on any atom is -0.496 e. The Morgan fingerprint density at radius 3 is 2.64 bits per heavy atom. The first-order valence-corrected chi connectivity index (χ1v) is 4.20. The van der Waals surface area contributed by atoms with Crippen LogP contribution in [0.4, 0.5) is 13.2 Å². The van der Waals surface area contributed by atoms with Crippen LogP contribution < -0.4 is 4.74 Å². The van der Waals surface area contributed by atoms with E-state index < -0.39 is 17.9 Å². The SMILES string of the molecule is COc1c(C(F)F)cnc(F)c1CCl. The highest BCUT2D eigenvalue weighted by molar-refractivity contribution is 6.17. The van der Waals surface area contributed by atoms with Crippen LogP contribution in [0.3, 0.4) is 0 Å². The van der Waals surface area contributed by atoms with Gasteiger partial charge in [0.2, 0.25) is 5.95 Å². The number of rotatable bonds is 3. The lowest BCUT2D eigenvalue weighted by Gasteiger charge is -2.11. The van der Waals surface area contributed by atoms with E-state index in [2.05, 4.69) is 9.72 Å². The molecule has 1 heterocycles. The van der Waals surface area contributed by atoms with Gasteiger partial charge in [0.1, 0.15) is 5.75 Å². The molecule has 78 valence electrons. The van der Waals surface area contributed by atoms with Crippen molar-refractivity contribution in [2.24, 2.45) is 0 Å². The normalized spacial score (nSPS) is 10.7. The van der Waals surface area contributed by atoms with Crippen molar-refractivity contribution in [2.45, 2.75) is 12.3 Å². The number of hydrogen-bond donors (Lipinski definition) is 0. The number of alkyl halides is 3. The molecule has 0 N–H and O–H groups in total. The Balaban J connectivity index is 3.33. The Labute approximate surface area is 83.7 Å². The van der Waals surface area contributed by atoms with Gasteiger partial charge in [-0.3, -0.25) is 0 Å². The largest absolute Gasteiger partial charge is 0.496 e. The predicted octanol–water partition coefficient (Wildman–Crippen LogP) is 2.91. The number of aromatic nitrogens is 1. The van der Waals surface area contributed by atoms with Gasteiger partial charge in [-0.15, -0.1) is 11.6 Å². The molecule has 14 heavy (non-hydrogen) atoms. The number of methoxy groups -OCH3 is 1. The lowest BCUT2D eigenvalue weighted by atomic mass is 10.2. The van der Waals surface area contributed by atoms with Gasteiger partial charge in [-0.25, -0.2) is 13.8 Å². The fourth-order valence-electron chi connectivity index (χ4n) is 1.04. The molecule has 0 spiro atoms. The van der Waals surface area contributed by atoms with E-state index in [1.54, 1.807) is 0 Å². The molecule has 0 atom stereocenters. The summed E-state index contributed by atoms with van der Waals surface area (Å²) >= 11 is 5.39. The molecule has 1 aromatic heterocycles. The highest BCUT2D eigenvalue weighted by Gasteiger charge is 2.20. The van der Waals surface area contributed by atoms with Crippen molar-refractivity contribution < 1.29 is 17.9 Å². The number of hydrogen-bond acceptors (Lipinski definition) is 2. The van der Waals surface area contributed by atoms with Crippen molar-refractivity contribution in [3.63, 3.8) is 0 Å². The second kappa shape index (κ2) is 4.50. The summed E-state index contributed by atoms with van der Waals surface area (Å²) in [6.07, 6.45) is -2.02. The summed E-state index contributed by atoms with van der Waals surface area (Å²) in [5, 5.41) is 0. The average molecular weight is 226 g/mol. The second-order valence-electron chi connectivity index (χ2n) is 2.45. The maximum absolute atomic E-state index is 13.0. The quantitative estimate of drug-likeness (QED) is 0.583. The Kier molecular flexibility index (Phi) is 3.57. The number of pyridine rings is 1. The van der Waals surface area contributed by atoms with Crippen molar-refractivity contribution in [3.8, 4) is 5.75 Å². The highest BCUT2D eigenvalue weighted by atomic mass is 35.5. The van der Waals surface area contributed by atoms with Gasteiger partial charge in [-0.05, 0) is 0 Å². The molecule has 0 aliphatic carbocycles. The molecule has 0 amide bonds. The van der Waals surface area contributed by atoms with Crippen molar-refractivity contribution in [2.75, 3.05) is 7.11 Å². The highest BCUT2D eigenvalue weighted by Crippen LogP contribution is 2.33. The molecule has 2 nitrogen and oxygen atoms in total. The Morgan fingerprint density at radius 2 is 2.21 bits per heavy atom. The van der Waals surface area contributed by atoms with Gasteiger partial charge in [-0.2, -0.15) is 4.39 Å². The zero-order valence-corrected chi connectivity index (χ0v) is 7.99. The summed E-state index contributed by atoms with van der Waals surface area (Å²) in [7, 11) is 1.18. The van der Waals surface area contributed by atoms with Crippen LogP contribution in [-0.4, -0.2) is 12.1 Å². The molecule has 0 aliphatic rings. The van der Waals surface area contributed by atoms with Crippen molar-refractivity contribution in [3.05, 3.63) is 23.3 Å². The van der Waals surface area contributed by atoms with E-state index in [4.69, 9.17) is 11.6 Å². The van der Waals surface area contributed by atoms with Crippen LogP contribution in [0.1, 0.15) is 17.6 Å². The van der Waals surface area contributed by atoms with E-state index in [-0.39, 0.29) is 17.2 Å². The maximum Gasteiger partial charge on any atom is 0.268 e. The molecule has 6 heteroatoms. The summed E-state index contributed by atoms with van der Waals surface area (Å²) in [6, 6.07) is 0. The van der Waals surface area contributed by atoms with Crippen molar-refractivity contribution in [1.82, 2.24) is 4.98 Å². The summed E-state index contributed by atoms with van der Waals surface area (Å²) in [6.45, 7) is 0. The molecule has 0 saturated heterocycles. The molecule has 0 unspecified atom stereocenters. The Hall–Kier alpha value is -0.970. The van der Waals surface area contributed by atoms with Crippen LogP contribution in [-0.2, 0) is 5.88 Å². The molecule has 0 aliphatic heterocycles. The molecule has 0 aromatic carbocycles. The van der Waals surface area contributed by atoms with Gasteiger partial charge in [0.05, 0.1) is 24.1 Å². The fourth-order valence-corrected chi connectivity index (χ4v) is 1.27. The second-order valence-corrected chi connectivity index (χ2v) is 2.72. The zero-order chi connectivity index (χ0) is 10.7. The third-order valence-electron chi connectivity index (χ3n) is 1.68. The standard InChI is InChI=1S/C8H7ClF3NO/c1-14-6-4(2-9)8(12)13-3-5(6)7(10)11/h3,7H,2H2,1H3. The van der Waals surface area contributed by atoms with Crippen LogP contribution in [0, 0.1) is 5.95 Å². The zero-order valence-electron chi connectivity index (χ0n) is 7.23. The van der Waals surface area contributed by atoms with E-state index in [9.17, 15) is 13.2 Å². The third kappa shape index (κ3) is 1.92. The number of nitrogens with zero attached hydrogens (tertiary/aromatic N) is 1. The van der Waals surface area contributed by atoms with Crippen LogP contribution in [0.25, 0.3) is 0 Å². The average Bonchev–Trinajstić information content (AvgIpc) is 2.16. The summed E-state index contributed by atoms with van der Waals surface area (Å²) in [5.74, 6) is -1.38.